The van der Waals surface area contributed by atoms with Gasteiger partial charge >= 0.3 is 12.1 Å². The van der Waals surface area contributed by atoms with Crippen LogP contribution in [0.5, 0.6) is 0 Å². The van der Waals surface area contributed by atoms with E-state index in [0.29, 0.717) is 5.56 Å². The first-order valence-electron chi connectivity index (χ1n) is 5.67. The minimum atomic E-state index is -1.13. The van der Waals surface area contributed by atoms with E-state index < -0.39 is 23.7 Å². The number of rotatable bonds is 3. The Morgan fingerprint density at radius 1 is 1.26 bits per heavy atom. The zero-order valence-electron chi connectivity index (χ0n) is 10.9. The molecule has 0 aliphatic rings. The molecule has 104 valence electrons. The van der Waals surface area contributed by atoms with Crippen LogP contribution in [-0.2, 0) is 9.53 Å². The van der Waals surface area contributed by atoms with Gasteiger partial charge < -0.3 is 15.2 Å². The normalized spacial score (nSPS) is 12.6. The number of halogens is 1. The number of carboxylic acids is 1. The maximum atomic E-state index is 11.6. The minimum absolute atomic E-state index is 0.499. The lowest BCUT2D eigenvalue weighted by atomic mass is 10.1. The van der Waals surface area contributed by atoms with Crippen LogP contribution in [0.15, 0.2) is 24.3 Å². The second-order valence-electron chi connectivity index (χ2n) is 4.97. The Balaban J connectivity index is 2.82. The summed E-state index contributed by atoms with van der Waals surface area (Å²) in [6.45, 7) is 5.15. The average molecular weight is 377 g/mol. The van der Waals surface area contributed by atoms with Crippen molar-refractivity contribution < 1.29 is 19.4 Å². The number of benzene rings is 1. The molecule has 1 amide bonds. The minimum Gasteiger partial charge on any atom is -0.479 e. The zero-order valence-corrected chi connectivity index (χ0v) is 13.1. The average Bonchev–Trinajstić information content (AvgIpc) is 2.24. The lowest BCUT2D eigenvalue weighted by Crippen LogP contribution is -2.38. The van der Waals surface area contributed by atoms with E-state index in [2.05, 4.69) is 27.9 Å². The first kappa shape index (κ1) is 15.7. The smallest absolute Gasteiger partial charge is 0.408 e. The fourth-order valence-corrected chi connectivity index (χ4v) is 1.73. The summed E-state index contributed by atoms with van der Waals surface area (Å²) in [6.07, 6.45) is -0.751. The maximum absolute atomic E-state index is 11.6. The van der Waals surface area contributed by atoms with Crippen molar-refractivity contribution in [2.45, 2.75) is 32.4 Å². The quantitative estimate of drug-likeness (QED) is 0.795. The van der Waals surface area contributed by atoms with Gasteiger partial charge in [0.25, 0.3) is 0 Å². The third-order valence-electron chi connectivity index (χ3n) is 2.11. The van der Waals surface area contributed by atoms with Crippen molar-refractivity contribution in [3.8, 4) is 0 Å². The number of hydrogen-bond donors (Lipinski definition) is 2. The second-order valence-corrected chi connectivity index (χ2v) is 6.21. The standard InChI is InChI=1S/C13H16INO4/c1-13(2,3)19-12(18)15-10(11(16)17)8-4-6-9(14)7-5-8/h4-7,10H,1-3H3,(H,15,18)(H,16,17)/t10-/m1/s1. The molecule has 0 fully saturated rings. The summed E-state index contributed by atoms with van der Waals surface area (Å²) >= 11 is 2.12. The number of aliphatic carboxylic acids is 1. The molecule has 1 aromatic rings. The van der Waals surface area contributed by atoms with E-state index in [1.165, 1.54) is 0 Å². The van der Waals surface area contributed by atoms with Crippen LogP contribution in [0, 0.1) is 3.57 Å². The number of carbonyl (C=O) groups excluding carboxylic acids is 1. The van der Waals surface area contributed by atoms with Crippen molar-refractivity contribution in [1.82, 2.24) is 5.32 Å². The lowest BCUT2D eigenvalue weighted by Gasteiger charge is -2.22. The molecule has 0 saturated heterocycles. The van der Waals surface area contributed by atoms with Crippen LogP contribution >= 0.6 is 22.6 Å². The van der Waals surface area contributed by atoms with E-state index in [1.54, 1.807) is 45.0 Å². The number of hydrogen-bond acceptors (Lipinski definition) is 3. The van der Waals surface area contributed by atoms with E-state index in [9.17, 15) is 14.7 Å². The van der Waals surface area contributed by atoms with Crippen LogP contribution in [0.3, 0.4) is 0 Å². The van der Waals surface area contributed by atoms with E-state index in [0.717, 1.165) is 3.57 Å². The summed E-state index contributed by atoms with van der Waals surface area (Å²) in [5, 5.41) is 11.5. The highest BCUT2D eigenvalue weighted by molar-refractivity contribution is 14.1. The molecule has 0 unspecified atom stereocenters. The van der Waals surface area contributed by atoms with Crippen molar-refractivity contribution in [3.63, 3.8) is 0 Å². The van der Waals surface area contributed by atoms with E-state index >= 15 is 0 Å². The monoisotopic (exact) mass is 377 g/mol. The van der Waals surface area contributed by atoms with Crippen molar-refractivity contribution in [1.29, 1.82) is 0 Å². The van der Waals surface area contributed by atoms with Crippen molar-refractivity contribution in [2.24, 2.45) is 0 Å². The highest BCUT2D eigenvalue weighted by Crippen LogP contribution is 2.16. The Bertz CT molecular complexity index is 465. The topological polar surface area (TPSA) is 75.6 Å². The molecule has 5 nitrogen and oxygen atoms in total. The third kappa shape index (κ3) is 5.46. The summed E-state index contributed by atoms with van der Waals surface area (Å²) in [6, 6.07) is 5.77. The van der Waals surface area contributed by atoms with Crippen LogP contribution in [-0.4, -0.2) is 22.8 Å². The van der Waals surface area contributed by atoms with Gasteiger partial charge in [-0.15, -0.1) is 0 Å². The number of carboxylic acid groups (broad SMARTS) is 1. The summed E-state index contributed by atoms with van der Waals surface area (Å²) in [4.78, 5) is 22.8. The molecule has 2 N–H and O–H groups in total. The molecule has 6 heteroatoms. The molecule has 0 aliphatic carbocycles. The molecule has 0 bridgehead atoms. The Morgan fingerprint density at radius 2 is 1.79 bits per heavy atom. The Labute approximate surface area is 125 Å². The van der Waals surface area contributed by atoms with Crippen molar-refractivity contribution >= 4 is 34.7 Å². The Kier molecular flexibility index (Phi) is 5.16. The third-order valence-corrected chi connectivity index (χ3v) is 2.83. The highest BCUT2D eigenvalue weighted by Gasteiger charge is 2.25. The zero-order chi connectivity index (χ0) is 14.6. The van der Waals surface area contributed by atoms with Crippen LogP contribution < -0.4 is 5.32 Å². The van der Waals surface area contributed by atoms with Gasteiger partial charge in [0.1, 0.15) is 5.60 Å². The summed E-state index contributed by atoms with van der Waals surface area (Å²) in [7, 11) is 0. The highest BCUT2D eigenvalue weighted by atomic mass is 127. The molecule has 0 saturated carbocycles. The Morgan fingerprint density at radius 3 is 2.21 bits per heavy atom. The molecule has 0 heterocycles. The first-order valence-corrected chi connectivity index (χ1v) is 6.75. The van der Waals surface area contributed by atoms with Gasteiger partial charge in [0.2, 0.25) is 0 Å². The lowest BCUT2D eigenvalue weighted by molar-refractivity contribution is -0.139. The van der Waals surface area contributed by atoms with Gasteiger partial charge in [-0.05, 0) is 61.1 Å². The van der Waals surface area contributed by atoms with Crippen LogP contribution in [0.1, 0.15) is 32.4 Å². The molecule has 0 spiro atoms. The second kappa shape index (κ2) is 6.23. The fourth-order valence-electron chi connectivity index (χ4n) is 1.37. The molecule has 0 radical (unpaired) electrons. The number of alkyl carbamates (subject to hydrolysis) is 1. The van der Waals surface area contributed by atoms with Crippen LogP contribution in [0.2, 0.25) is 0 Å². The van der Waals surface area contributed by atoms with E-state index in [4.69, 9.17) is 4.74 Å². The largest absolute Gasteiger partial charge is 0.479 e. The van der Waals surface area contributed by atoms with Gasteiger partial charge in [-0.2, -0.15) is 0 Å². The fraction of sp³-hybridized carbons (Fsp3) is 0.385. The van der Waals surface area contributed by atoms with Crippen molar-refractivity contribution in [2.75, 3.05) is 0 Å². The number of nitrogens with one attached hydrogen (secondary N) is 1. The number of carbonyl (C=O) groups is 2. The van der Waals surface area contributed by atoms with Gasteiger partial charge in [-0.25, -0.2) is 9.59 Å². The SMILES string of the molecule is CC(C)(C)OC(=O)N[C@@H](C(=O)O)c1ccc(I)cc1. The first-order chi connectivity index (χ1) is 8.69. The molecule has 0 aliphatic heterocycles. The van der Waals surface area contributed by atoms with Gasteiger partial charge in [0.05, 0.1) is 0 Å². The Hall–Kier alpha value is -1.31. The van der Waals surface area contributed by atoms with Gasteiger partial charge in [-0.1, -0.05) is 12.1 Å². The molecular weight excluding hydrogens is 361 g/mol. The molecule has 19 heavy (non-hydrogen) atoms. The van der Waals surface area contributed by atoms with E-state index in [1.807, 2.05) is 0 Å². The summed E-state index contributed by atoms with van der Waals surface area (Å²) < 4.78 is 6.04. The summed E-state index contributed by atoms with van der Waals surface area (Å²) in [5.74, 6) is -1.13. The predicted octanol–water partition coefficient (Wildman–Crippen LogP) is 2.94. The van der Waals surface area contributed by atoms with Gasteiger partial charge in [0, 0.05) is 3.57 Å². The van der Waals surface area contributed by atoms with Crippen molar-refractivity contribution in [3.05, 3.63) is 33.4 Å². The molecular formula is C13H16INO4. The molecule has 1 atom stereocenters. The maximum Gasteiger partial charge on any atom is 0.408 e. The number of amides is 1. The van der Waals surface area contributed by atoms with Gasteiger partial charge in [-0.3, -0.25) is 0 Å². The number of ether oxygens (including phenoxy) is 1. The van der Waals surface area contributed by atoms with Gasteiger partial charge in [0.15, 0.2) is 6.04 Å². The molecule has 1 rings (SSSR count). The van der Waals surface area contributed by atoms with Crippen LogP contribution in [0.4, 0.5) is 4.79 Å². The van der Waals surface area contributed by atoms with E-state index in [-0.39, 0.29) is 0 Å². The molecule has 1 aromatic carbocycles. The summed E-state index contributed by atoms with van der Waals surface area (Å²) in [5.41, 5.74) is -0.169. The van der Waals surface area contributed by atoms with Crippen LogP contribution in [0.25, 0.3) is 0 Å². The molecule has 0 aromatic heterocycles. The predicted molar refractivity (Wildman–Crippen MR) is 78.9 cm³/mol.